The molecule has 49 heavy (non-hydrogen) atoms. The number of hydrogen-bond acceptors (Lipinski definition) is 12. The number of aliphatic hydroxyl groups excluding tert-OH is 1. The number of β-amino-alcohol motifs (C(OH)–C–C–N with tert-alkyl or cyclic N) is 1. The molecule has 3 N–H and O–H groups in total. The highest BCUT2D eigenvalue weighted by Crippen LogP contribution is 2.36. The molecule has 2 aromatic heterocycles. The molecule has 6 heterocycles. The number of hydrogen-bond donors (Lipinski definition) is 3. The summed E-state index contributed by atoms with van der Waals surface area (Å²) >= 11 is 0. The number of piperazine rings is 1. The van der Waals surface area contributed by atoms with Crippen LogP contribution in [0.15, 0.2) is 40.9 Å². The molecule has 4 aliphatic rings. The van der Waals surface area contributed by atoms with Crippen LogP contribution in [0.3, 0.4) is 0 Å². The second-order valence-corrected chi connectivity index (χ2v) is 14.0. The molecule has 3 fully saturated rings. The molecule has 14 nitrogen and oxygen atoms in total. The van der Waals surface area contributed by atoms with E-state index in [1.165, 1.54) is 0 Å². The van der Waals surface area contributed by atoms with Gasteiger partial charge < -0.3 is 39.5 Å². The molecule has 3 aromatic rings. The Labute approximate surface area is 286 Å². The Morgan fingerprint density at radius 3 is 2.59 bits per heavy atom. The van der Waals surface area contributed by atoms with Gasteiger partial charge in [0.2, 0.25) is 11.8 Å². The van der Waals surface area contributed by atoms with Gasteiger partial charge in [-0.05, 0) is 61.6 Å². The number of likely N-dealkylation sites (tertiary alicyclic amines) is 2. The summed E-state index contributed by atoms with van der Waals surface area (Å²) in [4.78, 5) is 35.1. The van der Waals surface area contributed by atoms with Gasteiger partial charge in [-0.15, -0.1) is 10.2 Å². The Morgan fingerprint density at radius 2 is 1.84 bits per heavy atom. The number of benzene rings is 1. The fourth-order valence-electron chi connectivity index (χ4n) is 7.61. The van der Waals surface area contributed by atoms with Gasteiger partial charge in [0.1, 0.15) is 18.3 Å². The zero-order chi connectivity index (χ0) is 34.1. The van der Waals surface area contributed by atoms with Crippen LogP contribution in [-0.4, -0.2) is 130 Å². The lowest BCUT2D eigenvalue weighted by molar-refractivity contribution is -0.138. The number of ether oxygens (including phenoxy) is 1. The van der Waals surface area contributed by atoms with E-state index < -0.39 is 12.0 Å². The average molecular weight is 675 g/mol. The topological polar surface area (TPSA) is 161 Å². The number of aliphatic hydroxyl groups is 1. The standard InChI is InChI=1S/C35H46N8O6/c1-22(2)32(35(47)41-12-9-25(44)21-41)30-18-31(39-49-30)48-16-15-40-10-7-23(8-11-40)34(46)42-13-14-43-24(20-42)19-36-33-28(43)17-27(37-38-33)26-5-3-4-6-29(26)45/h3-6,17-18,22-25,32,44-45H,7-16,19-21H2,1-2H3,(H,36,38)/t24-,25+,32+/m0/s1. The van der Waals surface area contributed by atoms with E-state index >= 15 is 0 Å². The van der Waals surface area contributed by atoms with Crippen LogP contribution < -0.4 is 15.0 Å². The SMILES string of the molecule is CC(C)[C@@H](C(=O)N1CC[C@@H](O)C1)c1cc(OCCN2CCC(C(=O)N3CCN4c5cc(-c6ccccc6O)nnc5NC[C@H]4C3)CC2)no1. The van der Waals surface area contributed by atoms with Gasteiger partial charge in [-0.2, -0.15) is 0 Å². The van der Waals surface area contributed by atoms with Crippen molar-refractivity contribution in [3.05, 3.63) is 42.2 Å². The van der Waals surface area contributed by atoms with E-state index in [-0.39, 0.29) is 35.4 Å². The number of piperidine rings is 1. The molecule has 14 heteroatoms. The highest BCUT2D eigenvalue weighted by atomic mass is 16.5. The number of nitrogens with one attached hydrogen (secondary N) is 1. The summed E-state index contributed by atoms with van der Waals surface area (Å²) in [6.07, 6.45) is 1.74. The minimum Gasteiger partial charge on any atom is -0.507 e. The number of aromatic nitrogens is 3. The van der Waals surface area contributed by atoms with Gasteiger partial charge in [0.15, 0.2) is 11.6 Å². The lowest BCUT2D eigenvalue weighted by Crippen LogP contribution is -2.60. The molecular weight excluding hydrogens is 628 g/mol. The summed E-state index contributed by atoms with van der Waals surface area (Å²) in [5.74, 6) is 1.46. The van der Waals surface area contributed by atoms with Crippen LogP contribution in [0.1, 0.15) is 44.8 Å². The summed E-state index contributed by atoms with van der Waals surface area (Å²) in [5, 5.41) is 36.4. The first-order valence-electron chi connectivity index (χ1n) is 17.5. The Hall–Kier alpha value is -4.43. The number of anilines is 2. The van der Waals surface area contributed by atoms with Crippen molar-refractivity contribution in [2.45, 2.75) is 51.2 Å². The third-order valence-electron chi connectivity index (χ3n) is 10.4. The number of para-hydroxylation sites is 1. The smallest absolute Gasteiger partial charge is 0.254 e. The molecule has 0 aliphatic carbocycles. The van der Waals surface area contributed by atoms with Crippen LogP contribution in [0.4, 0.5) is 11.5 Å². The number of amides is 2. The number of aromatic hydroxyl groups is 1. The predicted molar refractivity (Wildman–Crippen MR) is 181 cm³/mol. The molecule has 0 saturated carbocycles. The molecule has 0 bridgehead atoms. The fourth-order valence-corrected chi connectivity index (χ4v) is 7.61. The maximum atomic E-state index is 13.6. The Bertz CT molecular complexity index is 1640. The molecular formula is C35H46N8O6. The molecule has 2 amide bonds. The third-order valence-corrected chi connectivity index (χ3v) is 10.4. The highest BCUT2D eigenvalue weighted by Gasteiger charge is 2.38. The quantitative estimate of drug-likeness (QED) is 0.305. The van der Waals surface area contributed by atoms with Gasteiger partial charge in [-0.1, -0.05) is 26.0 Å². The first-order valence-corrected chi connectivity index (χ1v) is 17.5. The van der Waals surface area contributed by atoms with Gasteiger partial charge in [0, 0.05) is 63.4 Å². The second-order valence-electron chi connectivity index (χ2n) is 14.0. The summed E-state index contributed by atoms with van der Waals surface area (Å²) < 4.78 is 11.5. The van der Waals surface area contributed by atoms with Crippen LogP contribution in [0.5, 0.6) is 11.6 Å². The van der Waals surface area contributed by atoms with Crippen molar-refractivity contribution in [3.63, 3.8) is 0 Å². The van der Waals surface area contributed by atoms with Crippen LogP contribution in [0.2, 0.25) is 0 Å². The molecule has 3 saturated heterocycles. The molecule has 7 rings (SSSR count). The van der Waals surface area contributed by atoms with E-state index in [1.54, 1.807) is 23.1 Å². The summed E-state index contributed by atoms with van der Waals surface area (Å²) in [6.45, 7) is 10.3. The van der Waals surface area contributed by atoms with Gasteiger partial charge in [0.25, 0.3) is 5.88 Å². The Morgan fingerprint density at radius 1 is 1.02 bits per heavy atom. The van der Waals surface area contributed by atoms with Crippen LogP contribution in [0.25, 0.3) is 11.3 Å². The zero-order valence-electron chi connectivity index (χ0n) is 28.2. The van der Waals surface area contributed by atoms with Crippen molar-refractivity contribution >= 4 is 23.3 Å². The number of phenols is 1. The average Bonchev–Trinajstić information content (AvgIpc) is 3.77. The maximum Gasteiger partial charge on any atom is 0.254 e. The fraction of sp³-hybridized carbons (Fsp3) is 0.571. The van der Waals surface area contributed by atoms with E-state index in [1.807, 2.05) is 36.9 Å². The van der Waals surface area contributed by atoms with Crippen molar-refractivity contribution < 1.29 is 29.1 Å². The highest BCUT2D eigenvalue weighted by molar-refractivity contribution is 5.84. The first kappa shape index (κ1) is 33.1. The first-order chi connectivity index (χ1) is 23.7. The minimum atomic E-state index is -0.475. The number of carbonyl (C=O) groups is 2. The molecule has 1 aromatic carbocycles. The molecule has 0 spiro atoms. The monoisotopic (exact) mass is 674 g/mol. The van der Waals surface area contributed by atoms with Gasteiger partial charge in [-0.3, -0.25) is 14.5 Å². The van der Waals surface area contributed by atoms with Crippen molar-refractivity contribution in [1.29, 1.82) is 0 Å². The van der Waals surface area contributed by atoms with E-state index in [9.17, 15) is 19.8 Å². The second kappa shape index (κ2) is 14.2. The summed E-state index contributed by atoms with van der Waals surface area (Å²) in [7, 11) is 0. The van der Waals surface area contributed by atoms with Crippen LogP contribution in [0, 0.1) is 11.8 Å². The van der Waals surface area contributed by atoms with Gasteiger partial charge in [-0.25, -0.2) is 0 Å². The van der Waals surface area contributed by atoms with E-state index in [4.69, 9.17) is 9.26 Å². The number of rotatable bonds is 9. The normalized spacial score (nSPS) is 22.1. The minimum absolute atomic E-state index is 0.00593. The predicted octanol–water partition coefficient (Wildman–Crippen LogP) is 2.40. The Kier molecular flexibility index (Phi) is 9.59. The van der Waals surface area contributed by atoms with Crippen molar-refractivity contribution in [2.75, 3.05) is 75.7 Å². The van der Waals surface area contributed by atoms with Crippen molar-refractivity contribution in [3.8, 4) is 22.9 Å². The van der Waals surface area contributed by atoms with Crippen molar-refractivity contribution in [1.82, 2.24) is 30.1 Å². The number of fused-ring (bicyclic) bond motifs is 3. The van der Waals surface area contributed by atoms with Crippen LogP contribution >= 0.6 is 0 Å². The molecule has 0 unspecified atom stereocenters. The summed E-state index contributed by atoms with van der Waals surface area (Å²) in [5.41, 5.74) is 2.21. The largest absolute Gasteiger partial charge is 0.507 e. The van der Waals surface area contributed by atoms with Gasteiger partial charge in [0.05, 0.1) is 23.5 Å². The summed E-state index contributed by atoms with van der Waals surface area (Å²) in [6, 6.07) is 10.9. The van der Waals surface area contributed by atoms with E-state index in [0.29, 0.717) is 81.7 Å². The Balaban J connectivity index is 0.871. The number of nitrogens with zero attached hydrogens (tertiary/aromatic N) is 7. The lowest BCUT2D eigenvalue weighted by atomic mass is 9.92. The van der Waals surface area contributed by atoms with E-state index in [0.717, 1.165) is 37.4 Å². The van der Waals surface area contributed by atoms with Crippen molar-refractivity contribution in [2.24, 2.45) is 11.8 Å². The van der Waals surface area contributed by atoms with E-state index in [2.05, 4.69) is 30.5 Å². The van der Waals surface area contributed by atoms with Crippen LogP contribution in [-0.2, 0) is 9.59 Å². The molecule has 0 radical (unpaired) electrons. The maximum absolute atomic E-state index is 13.6. The number of phenolic OH excluding ortho intramolecular Hbond substituents is 1. The number of carbonyl (C=O) groups excluding carboxylic acids is 2. The van der Waals surface area contributed by atoms with Gasteiger partial charge >= 0.3 is 0 Å². The molecule has 3 atom stereocenters. The molecule has 262 valence electrons. The third kappa shape index (κ3) is 7.02. The molecule has 4 aliphatic heterocycles. The zero-order valence-corrected chi connectivity index (χ0v) is 28.2. The lowest BCUT2D eigenvalue weighted by Gasteiger charge is -2.46.